The van der Waals surface area contributed by atoms with Crippen molar-refractivity contribution in [2.24, 2.45) is 0 Å². The Kier molecular flexibility index (Phi) is 4.74. The van der Waals surface area contributed by atoms with Gasteiger partial charge in [0.25, 0.3) is 0 Å². The van der Waals surface area contributed by atoms with Crippen LogP contribution < -0.4 is 4.74 Å². The van der Waals surface area contributed by atoms with Crippen LogP contribution in [0.5, 0.6) is 5.75 Å². The number of para-hydroxylation sites is 1. The van der Waals surface area contributed by atoms with Crippen LogP contribution in [0.3, 0.4) is 0 Å². The van der Waals surface area contributed by atoms with Gasteiger partial charge in [-0.25, -0.2) is 4.98 Å². The fraction of sp³-hybridized carbons (Fsp3) is 0.389. The molecule has 0 unspecified atom stereocenters. The van der Waals surface area contributed by atoms with Crippen LogP contribution in [0.4, 0.5) is 0 Å². The third kappa shape index (κ3) is 3.56. The predicted molar refractivity (Wildman–Crippen MR) is 95.6 cm³/mol. The molecule has 0 saturated heterocycles. The molecule has 0 atom stereocenters. The minimum atomic E-state index is 0.546. The van der Waals surface area contributed by atoms with E-state index in [0.717, 1.165) is 33.7 Å². The van der Waals surface area contributed by atoms with Crippen LogP contribution in [0, 0.1) is 0 Å². The summed E-state index contributed by atoms with van der Waals surface area (Å²) in [4.78, 5) is 4.61. The SMILES string of the molecule is COc1ccccc1-c1cc(CSc2n[nH]c(C3CCCC3)n2)on1. The Morgan fingerprint density at radius 3 is 2.96 bits per heavy atom. The smallest absolute Gasteiger partial charge is 0.208 e. The van der Waals surface area contributed by atoms with Gasteiger partial charge in [-0.1, -0.05) is 41.9 Å². The Morgan fingerprint density at radius 2 is 2.12 bits per heavy atom. The molecule has 2 heterocycles. The second-order valence-corrected chi connectivity index (χ2v) is 7.09. The molecule has 1 aliphatic rings. The molecule has 0 spiro atoms. The Morgan fingerprint density at radius 1 is 1.28 bits per heavy atom. The van der Waals surface area contributed by atoms with E-state index in [1.54, 1.807) is 18.9 Å². The maximum absolute atomic E-state index is 5.45. The summed E-state index contributed by atoms with van der Waals surface area (Å²) in [5.74, 6) is 3.78. The number of H-pyrrole nitrogens is 1. The molecule has 1 saturated carbocycles. The van der Waals surface area contributed by atoms with E-state index in [4.69, 9.17) is 9.26 Å². The molecule has 1 fully saturated rings. The van der Waals surface area contributed by atoms with Crippen molar-refractivity contribution in [1.82, 2.24) is 20.3 Å². The summed E-state index contributed by atoms with van der Waals surface area (Å²) < 4.78 is 10.8. The number of rotatable bonds is 6. The number of nitrogens with zero attached hydrogens (tertiary/aromatic N) is 3. The minimum Gasteiger partial charge on any atom is -0.496 e. The lowest BCUT2D eigenvalue weighted by molar-refractivity contribution is 0.395. The van der Waals surface area contributed by atoms with Crippen LogP contribution in [0.15, 0.2) is 40.0 Å². The average molecular weight is 356 g/mol. The fourth-order valence-corrected chi connectivity index (χ4v) is 3.88. The molecule has 1 aromatic carbocycles. The average Bonchev–Trinajstić information content (AvgIpc) is 3.40. The monoisotopic (exact) mass is 356 g/mol. The van der Waals surface area contributed by atoms with E-state index in [1.807, 2.05) is 30.3 Å². The van der Waals surface area contributed by atoms with Crippen LogP contribution in [0.2, 0.25) is 0 Å². The second kappa shape index (κ2) is 7.31. The van der Waals surface area contributed by atoms with Gasteiger partial charge in [-0.3, -0.25) is 5.10 Å². The van der Waals surface area contributed by atoms with Crippen molar-refractivity contribution in [3.63, 3.8) is 0 Å². The molecule has 7 heteroatoms. The molecule has 1 aliphatic carbocycles. The first kappa shape index (κ1) is 16.2. The first-order valence-corrected chi connectivity index (χ1v) is 9.46. The van der Waals surface area contributed by atoms with Crippen LogP contribution in [-0.2, 0) is 5.75 Å². The number of aromatic nitrogens is 4. The van der Waals surface area contributed by atoms with Crippen LogP contribution in [0.25, 0.3) is 11.3 Å². The lowest BCUT2D eigenvalue weighted by Gasteiger charge is -2.03. The van der Waals surface area contributed by atoms with E-state index >= 15 is 0 Å². The van der Waals surface area contributed by atoms with Crippen molar-refractivity contribution in [3.05, 3.63) is 41.9 Å². The van der Waals surface area contributed by atoms with E-state index in [2.05, 4.69) is 20.3 Å². The first-order valence-electron chi connectivity index (χ1n) is 8.47. The van der Waals surface area contributed by atoms with Gasteiger partial charge in [-0.2, -0.15) is 0 Å². The standard InChI is InChI=1S/C18H20N4O2S/c1-23-16-9-5-4-8-14(16)15-10-13(24-22-15)11-25-18-19-17(20-21-18)12-6-2-3-7-12/h4-5,8-10,12H,2-3,6-7,11H2,1H3,(H,19,20,21). The molecular formula is C18H20N4O2S. The van der Waals surface area contributed by atoms with Crippen molar-refractivity contribution in [2.75, 3.05) is 7.11 Å². The molecule has 130 valence electrons. The Hall–Kier alpha value is -2.28. The van der Waals surface area contributed by atoms with Gasteiger partial charge < -0.3 is 9.26 Å². The molecule has 0 aliphatic heterocycles. The highest BCUT2D eigenvalue weighted by Gasteiger charge is 2.21. The summed E-state index contributed by atoms with van der Waals surface area (Å²) in [6.07, 6.45) is 5.00. The number of benzene rings is 1. The van der Waals surface area contributed by atoms with Crippen molar-refractivity contribution < 1.29 is 9.26 Å². The lowest BCUT2D eigenvalue weighted by Crippen LogP contribution is -1.94. The van der Waals surface area contributed by atoms with Gasteiger partial charge in [0.1, 0.15) is 23.0 Å². The van der Waals surface area contributed by atoms with E-state index in [1.165, 1.54) is 25.7 Å². The number of ether oxygens (including phenoxy) is 1. The summed E-state index contributed by atoms with van der Waals surface area (Å²) in [7, 11) is 1.65. The van der Waals surface area contributed by atoms with E-state index in [9.17, 15) is 0 Å². The van der Waals surface area contributed by atoms with Gasteiger partial charge >= 0.3 is 0 Å². The quantitative estimate of drug-likeness (QED) is 0.659. The molecule has 6 nitrogen and oxygen atoms in total. The number of thioether (sulfide) groups is 1. The molecule has 0 bridgehead atoms. The third-order valence-corrected chi connectivity index (χ3v) is 5.38. The molecule has 2 aromatic heterocycles. The van der Waals surface area contributed by atoms with Gasteiger partial charge in [-0.05, 0) is 25.0 Å². The summed E-state index contributed by atoms with van der Waals surface area (Å²) >= 11 is 1.55. The molecule has 25 heavy (non-hydrogen) atoms. The number of hydrogen-bond donors (Lipinski definition) is 1. The van der Waals surface area contributed by atoms with Crippen LogP contribution in [0.1, 0.15) is 43.2 Å². The highest BCUT2D eigenvalue weighted by Crippen LogP contribution is 2.33. The van der Waals surface area contributed by atoms with Crippen LogP contribution in [-0.4, -0.2) is 27.4 Å². The molecule has 4 rings (SSSR count). The number of aromatic amines is 1. The minimum absolute atomic E-state index is 0.546. The fourth-order valence-electron chi connectivity index (χ4n) is 3.20. The van der Waals surface area contributed by atoms with Crippen LogP contribution >= 0.6 is 11.8 Å². The number of nitrogens with one attached hydrogen (secondary N) is 1. The third-order valence-electron chi connectivity index (χ3n) is 4.51. The van der Waals surface area contributed by atoms with Crippen molar-refractivity contribution in [1.29, 1.82) is 0 Å². The van der Waals surface area contributed by atoms with Gasteiger partial charge in [0.2, 0.25) is 5.16 Å². The topological polar surface area (TPSA) is 76.8 Å². The molecule has 0 radical (unpaired) electrons. The van der Waals surface area contributed by atoms with E-state index < -0.39 is 0 Å². The first-order chi connectivity index (χ1) is 12.3. The largest absolute Gasteiger partial charge is 0.496 e. The zero-order chi connectivity index (χ0) is 17.1. The predicted octanol–water partition coefficient (Wildman–Crippen LogP) is 4.42. The van der Waals surface area contributed by atoms with Gasteiger partial charge in [0.15, 0.2) is 0 Å². The normalized spacial score (nSPS) is 14.9. The zero-order valence-corrected chi connectivity index (χ0v) is 14.9. The van der Waals surface area contributed by atoms with Gasteiger partial charge in [0, 0.05) is 17.5 Å². The van der Waals surface area contributed by atoms with Gasteiger partial charge in [0.05, 0.1) is 12.9 Å². The van der Waals surface area contributed by atoms with E-state index in [0.29, 0.717) is 11.7 Å². The van der Waals surface area contributed by atoms with Crippen molar-refractivity contribution in [3.8, 4) is 17.0 Å². The second-order valence-electron chi connectivity index (χ2n) is 6.15. The Bertz CT molecular complexity index is 839. The van der Waals surface area contributed by atoms with Gasteiger partial charge in [-0.15, -0.1) is 5.10 Å². The van der Waals surface area contributed by atoms with Crippen molar-refractivity contribution in [2.45, 2.75) is 42.5 Å². The maximum Gasteiger partial charge on any atom is 0.208 e. The van der Waals surface area contributed by atoms with E-state index in [-0.39, 0.29) is 0 Å². The lowest BCUT2D eigenvalue weighted by atomic mass is 10.1. The summed E-state index contributed by atoms with van der Waals surface area (Å²) in [6.45, 7) is 0. The maximum atomic E-state index is 5.45. The summed E-state index contributed by atoms with van der Waals surface area (Å²) in [6, 6.07) is 9.71. The zero-order valence-electron chi connectivity index (χ0n) is 14.1. The summed E-state index contributed by atoms with van der Waals surface area (Å²) in [5.41, 5.74) is 1.70. The Labute approximate surface area is 150 Å². The highest BCUT2D eigenvalue weighted by atomic mass is 32.2. The highest BCUT2D eigenvalue weighted by molar-refractivity contribution is 7.98. The number of methoxy groups -OCH3 is 1. The number of hydrogen-bond acceptors (Lipinski definition) is 6. The Balaban J connectivity index is 1.41. The summed E-state index contributed by atoms with van der Waals surface area (Å²) in [5, 5.41) is 12.3. The molecule has 1 N–H and O–H groups in total. The molecular weight excluding hydrogens is 336 g/mol. The molecule has 3 aromatic rings. The molecule has 0 amide bonds. The van der Waals surface area contributed by atoms with Crippen molar-refractivity contribution >= 4 is 11.8 Å².